The lowest BCUT2D eigenvalue weighted by Crippen LogP contribution is -2.60. The Morgan fingerprint density at radius 2 is 2.04 bits per heavy atom. The van der Waals surface area contributed by atoms with Crippen molar-refractivity contribution >= 4 is 17.6 Å². The molecule has 24 heavy (non-hydrogen) atoms. The molecule has 3 atom stereocenters. The average Bonchev–Trinajstić information content (AvgIpc) is 3.04. The maximum Gasteiger partial charge on any atom is 0.237 e. The van der Waals surface area contributed by atoms with Gasteiger partial charge in [0.25, 0.3) is 0 Å². The van der Waals surface area contributed by atoms with Crippen LogP contribution in [0.15, 0.2) is 18.2 Å². The largest absolute Gasteiger partial charge is 0.297 e. The monoisotopic (exact) mass is 328 g/mol. The molecule has 128 valence electrons. The molecule has 6 nitrogen and oxygen atoms in total. The Labute approximate surface area is 142 Å². The van der Waals surface area contributed by atoms with E-state index in [1.54, 1.807) is 4.90 Å². The molecule has 2 saturated heterocycles. The van der Waals surface area contributed by atoms with Gasteiger partial charge in [-0.3, -0.25) is 19.9 Å². The molecular formula is C18H24N4O2. The number of amides is 2. The maximum atomic E-state index is 12.1. The van der Waals surface area contributed by atoms with E-state index in [1.165, 1.54) is 6.42 Å². The molecule has 3 aliphatic rings. The molecule has 1 aromatic heterocycles. The molecule has 1 aromatic rings. The van der Waals surface area contributed by atoms with Crippen LogP contribution in [0.4, 0.5) is 5.82 Å². The van der Waals surface area contributed by atoms with E-state index < -0.39 is 0 Å². The van der Waals surface area contributed by atoms with Crippen LogP contribution in [-0.4, -0.2) is 29.4 Å². The third-order valence-corrected chi connectivity index (χ3v) is 5.62. The topological polar surface area (TPSA) is 74.3 Å². The Morgan fingerprint density at radius 1 is 1.17 bits per heavy atom. The molecule has 2 aliphatic heterocycles. The number of hydrazine groups is 1. The molecule has 0 bridgehead atoms. The summed E-state index contributed by atoms with van der Waals surface area (Å²) in [5.74, 6) is 1.57. The van der Waals surface area contributed by atoms with Gasteiger partial charge in [0.2, 0.25) is 11.8 Å². The highest BCUT2D eigenvalue weighted by molar-refractivity contribution is 5.94. The van der Waals surface area contributed by atoms with Crippen molar-refractivity contribution in [1.82, 2.24) is 15.8 Å². The first-order valence-corrected chi connectivity index (χ1v) is 9.04. The molecule has 4 rings (SSSR count). The summed E-state index contributed by atoms with van der Waals surface area (Å²) in [7, 11) is 0. The van der Waals surface area contributed by atoms with Crippen LogP contribution < -0.4 is 15.8 Å². The number of pyridine rings is 1. The first kappa shape index (κ1) is 15.6. The summed E-state index contributed by atoms with van der Waals surface area (Å²) in [6.45, 7) is 0.762. The van der Waals surface area contributed by atoms with Crippen molar-refractivity contribution in [1.29, 1.82) is 0 Å². The second-order valence-corrected chi connectivity index (χ2v) is 7.14. The van der Waals surface area contributed by atoms with Gasteiger partial charge >= 0.3 is 0 Å². The van der Waals surface area contributed by atoms with Crippen LogP contribution in [0.5, 0.6) is 0 Å². The van der Waals surface area contributed by atoms with Gasteiger partial charge in [-0.25, -0.2) is 10.4 Å². The minimum absolute atomic E-state index is 0.133. The van der Waals surface area contributed by atoms with Gasteiger partial charge < -0.3 is 0 Å². The summed E-state index contributed by atoms with van der Waals surface area (Å²) < 4.78 is 0. The summed E-state index contributed by atoms with van der Waals surface area (Å²) in [5, 5.41) is 0. The molecule has 3 heterocycles. The number of rotatable bonds is 3. The number of anilines is 1. The van der Waals surface area contributed by atoms with Gasteiger partial charge in [-0.1, -0.05) is 18.9 Å². The fourth-order valence-corrected chi connectivity index (χ4v) is 4.38. The zero-order valence-electron chi connectivity index (χ0n) is 13.8. The van der Waals surface area contributed by atoms with Gasteiger partial charge in [0.15, 0.2) is 0 Å². The predicted octanol–water partition coefficient (Wildman–Crippen LogP) is 1.56. The highest BCUT2D eigenvalue weighted by atomic mass is 16.2. The summed E-state index contributed by atoms with van der Waals surface area (Å²) in [5.41, 5.74) is 7.02. The van der Waals surface area contributed by atoms with Crippen molar-refractivity contribution in [3.05, 3.63) is 23.9 Å². The fraction of sp³-hybridized carbons (Fsp3) is 0.611. The van der Waals surface area contributed by atoms with Crippen molar-refractivity contribution < 1.29 is 9.59 Å². The molecule has 1 aliphatic carbocycles. The molecule has 1 saturated carbocycles. The molecule has 2 amide bonds. The van der Waals surface area contributed by atoms with Crippen molar-refractivity contribution in [2.24, 2.45) is 11.8 Å². The second kappa shape index (κ2) is 6.51. The lowest BCUT2D eigenvalue weighted by atomic mass is 9.73. The molecule has 6 heteroatoms. The quantitative estimate of drug-likeness (QED) is 0.883. The van der Waals surface area contributed by atoms with Gasteiger partial charge in [0, 0.05) is 37.0 Å². The molecule has 0 spiro atoms. The van der Waals surface area contributed by atoms with Gasteiger partial charge in [-0.2, -0.15) is 0 Å². The van der Waals surface area contributed by atoms with E-state index in [9.17, 15) is 9.59 Å². The molecule has 3 unspecified atom stereocenters. The average molecular weight is 328 g/mol. The third kappa shape index (κ3) is 2.90. The number of fused-ring (bicyclic) bond motifs is 1. The highest BCUT2D eigenvalue weighted by Crippen LogP contribution is 2.35. The standard InChI is InChI=1S/C18H24N4O2/c23-17-9-4-10-22(17)16-8-3-5-12(19-16)11-15-13-6-1-2-7-14(13)18(24)21-20-15/h3,5,8,13-15,20H,1-2,4,6-7,9-11H2,(H,21,24). The highest BCUT2D eigenvalue weighted by Gasteiger charge is 2.40. The Kier molecular flexibility index (Phi) is 4.22. The molecular weight excluding hydrogens is 304 g/mol. The number of carbonyl (C=O) groups excluding carboxylic acids is 2. The number of nitrogens with zero attached hydrogens (tertiary/aromatic N) is 2. The van der Waals surface area contributed by atoms with E-state index >= 15 is 0 Å². The summed E-state index contributed by atoms with van der Waals surface area (Å²) in [6.07, 6.45) is 6.73. The lowest BCUT2D eigenvalue weighted by Gasteiger charge is -2.41. The number of aromatic nitrogens is 1. The van der Waals surface area contributed by atoms with Crippen LogP contribution >= 0.6 is 0 Å². The summed E-state index contributed by atoms with van der Waals surface area (Å²) >= 11 is 0. The van der Waals surface area contributed by atoms with Crippen LogP contribution in [0.25, 0.3) is 0 Å². The molecule has 0 aromatic carbocycles. The maximum absolute atomic E-state index is 12.1. The van der Waals surface area contributed by atoms with Gasteiger partial charge in [0.1, 0.15) is 5.82 Å². The van der Waals surface area contributed by atoms with Crippen molar-refractivity contribution in [3.63, 3.8) is 0 Å². The van der Waals surface area contributed by atoms with Crippen molar-refractivity contribution in [2.75, 3.05) is 11.4 Å². The number of nitrogens with one attached hydrogen (secondary N) is 2. The Balaban J connectivity index is 1.50. The zero-order valence-corrected chi connectivity index (χ0v) is 13.8. The SMILES string of the molecule is O=C1NNC(Cc2cccc(N3CCCC3=O)n2)C2CCCCC12. The first-order valence-electron chi connectivity index (χ1n) is 9.04. The van der Waals surface area contributed by atoms with Crippen LogP contribution in [-0.2, 0) is 16.0 Å². The van der Waals surface area contributed by atoms with Crippen LogP contribution in [0.3, 0.4) is 0 Å². The first-order chi connectivity index (χ1) is 11.7. The number of carbonyl (C=O) groups is 2. The van der Waals surface area contributed by atoms with Gasteiger partial charge in [-0.05, 0) is 37.3 Å². The van der Waals surface area contributed by atoms with E-state index in [0.29, 0.717) is 12.3 Å². The Hall–Kier alpha value is -1.95. The van der Waals surface area contributed by atoms with E-state index in [4.69, 9.17) is 4.98 Å². The molecule has 3 fully saturated rings. The van der Waals surface area contributed by atoms with Gasteiger partial charge in [0.05, 0.1) is 0 Å². The number of hydrogen-bond donors (Lipinski definition) is 2. The Bertz CT molecular complexity index is 648. The smallest absolute Gasteiger partial charge is 0.237 e. The van der Waals surface area contributed by atoms with E-state index in [2.05, 4.69) is 10.9 Å². The van der Waals surface area contributed by atoms with Crippen LogP contribution in [0, 0.1) is 11.8 Å². The Morgan fingerprint density at radius 3 is 2.88 bits per heavy atom. The molecule has 0 radical (unpaired) electrons. The normalized spacial score (nSPS) is 30.2. The van der Waals surface area contributed by atoms with E-state index in [-0.39, 0.29) is 23.8 Å². The lowest BCUT2D eigenvalue weighted by molar-refractivity contribution is -0.133. The van der Waals surface area contributed by atoms with Crippen molar-refractivity contribution in [3.8, 4) is 0 Å². The second-order valence-electron chi connectivity index (χ2n) is 7.14. The van der Waals surface area contributed by atoms with Crippen molar-refractivity contribution in [2.45, 2.75) is 51.0 Å². The van der Waals surface area contributed by atoms with Crippen LogP contribution in [0.1, 0.15) is 44.2 Å². The minimum Gasteiger partial charge on any atom is -0.297 e. The van der Waals surface area contributed by atoms with E-state index in [0.717, 1.165) is 50.2 Å². The minimum atomic E-state index is 0.133. The summed E-state index contributed by atoms with van der Waals surface area (Å²) in [4.78, 5) is 30.5. The number of hydrogen-bond acceptors (Lipinski definition) is 4. The van der Waals surface area contributed by atoms with Crippen LogP contribution in [0.2, 0.25) is 0 Å². The fourth-order valence-electron chi connectivity index (χ4n) is 4.38. The summed E-state index contributed by atoms with van der Waals surface area (Å²) in [6, 6.07) is 6.11. The molecule has 2 N–H and O–H groups in total. The van der Waals surface area contributed by atoms with E-state index in [1.807, 2.05) is 18.2 Å². The zero-order chi connectivity index (χ0) is 16.5. The predicted molar refractivity (Wildman–Crippen MR) is 90.0 cm³/mol. The third-order valence-electron chi connectivity index (χ3n) is 5.62. The van der Waals surface area contributed by atoms with Gasteiger partial charge in [-0.15, -0.1) is 0 Å².